The van der Waals surface area contributed by atoms with E-state index in [1.165, 1.54) is 50.1 Å². The Hall–Kier alpha value is -7.46. The average Bonchev–Trinajstić information content (AvgIpc) is 3.65. The smallest absolute Gasteiger partial charge is 0.135 e. The molecule has 82 heavy (non-hydrogen) atoms. The normalized spacial score (nSPS) is 13.3. The summed E-state index contributed by atoms with van der Waals surface area (Å²) in [6.45, 7) is 34.3. The summed E-state index contributed by atoms with van der Waals surface area (Å²) in [5.74, 6) is 2.59. The maximum absolute atomic E-state index is 7.19. The molecule has 0 aliphatic carbocycles. The maximum atomic E-state index is 7.19. The second kappa shape index (κ2) is 22.4. The number of pyridine rings is 1. The van der Waals surface area contributed by atoms with E-state index in [0.29, 0.717) is 11.5 Å². The van der Waals surface area contributed by atoms with E-state index in [1.54, 1.807) is 0 Å². The fourth-order valence-corrected chi connectivity index (χ4v) is 11.7. The van der Waals surface area contributed by atoms with E-state index < -0.39 is 0 Å². The van der Waals surface area contributed by atoms with Crippen LogP contribution in [0.5, 0.6) is 11.5 Å². The molecule has 11 rings (SSSR count). The van der Waals surface area contributed by atoms with Crippen LogP contribution in [0.3, 0.4) is 0 Å². The Labute approximate surface area is 503 Å². The minimum Gasteiger partial charge on any atom is -0.509 e. The van der Waals surface area contributed by atoms with Gasteiger partial charge in [-0.1, -0.05) is 230 Å². The van der Waals surface area contributed by atoms with E-state index >= 15 is 0 Å². The molecule has 0 amide bonds. The molecular formula is C76H77N4OPt-3. The van der Waals surface area contributed by atoms with Gasteiger partial charge in [0.25, 0.3) is 0 Å². The molecule has 5 nitrogen and oxygen atoms in total. The van der Waals surface area contributed by atoms with Gasteiger partial charge in [0, 0.05) is 66.5 Å². The Balaban J connectivity index is 0.00000753. The third-order valence-corrected chi connectivity index (χ3v) is 16.8. The molecule has 0 bridgehead atoms. The molecule has 0 unspecified atom stereocenters. The van der Waals surface area contributed by atoms with Gasteiger partial charge in [-0.2, -0.15) is 6.07 Å². The summed E-state index contributed by atoms with van der Waals surface area (Å²) in [7, 11) is 0. The van der Waals surface area contributed by atoms with Crippen molar-refractivity contribution in [2.75, 3.05) is 9.80 Å². The predicted molar refractivity (Wildman–Crippen MR) is 341 cm³/mol. The van der Waals surface area contributed by atoms with Crippen molar-refractivity contribution in [3.8, 4) is 28.4 Å². The van der Waals surface area contributed by atoms with Crippen molar-refractivity contribution in [2.45, 2.75) is 130 Å². The summed E-state index contributed by atoms with van der Waals surface area (Å²) in [6, 6.07) is 74.1. The van der Waals surface area contributed by atoms with Gasteiger partial charge in [-0.05, 0) is 120 Å². The molecule has 0 saturated heterocycles. The number of ether oxygens (including phenoxy) is 1. The SMILES string of the molecule is CC(C)c1cccc(C(C)C)c1-c1cc(Oc2[c-]c3c(cc2)c2cc(C(C)(C)C)ccc2n3-c2cc(C(C)(C)C)ccn2)[c-]c(N2C=C(c3ccccc3)N(c3cc(C(C)(C)c4ccccc4)cc(C(C)(C)c4ccccc4)c3)[CH-]2)c1.[Pt]. The second-order valence-electron chi connectivity index (χ2n) is 25.9. The Morgan fingerprint density at radius 2 is 1.06 bits per heavy atom. The van der Waals surface area contributed by atoms with Crippen LogP contribution in [0.2, 0.25) is 0 Å². The van der Waals surface area contributed by atoms with Crippen LogP contribution in [0.4, 0.5) is 11.4 Å². The molecule has 0 fully saturated rings. The van der Waals surface area contributed by atoms with Crippen LogP contribution in [0.15, 0.2) is 194 Å². The molecule has 0 N–H and O–H groups in total. The number of hydrogen-bond donors (Lipinski definition) is 0. The van der Waals surface area contributed by atoms with Crippen molar-refractivity contribution < 1.29 is 25.8 Å². The van der Waals surface area contributed by atoms with Gasteiger partial charge in [-0.25, -0.2) is 4.98 Å². The first kappa shape index (κ1) is 57.8. The Bertz CT molecular complexity index is 3870. The quantitative estimate of drug-likeness (QED) is 0.108. The summed E-state index contributed by atoms with van der Waals surface area (Å²) in [4.78, 5) is 9.61. The first-order valence-corrected chi connectivity index (χ1v) is 28.9. The largest absolute Gasteiger partial charge is 0.509 e. The molecule has 10 aromatic rings. The van der Waals surface area contributed by atoms with E-state index in [0.717, 1.165) is 55.8 Å². The first-order valence-electron chi connectivity index (χ1n) is 28.9. The molecular weight excluding hydrogens is 1180 g/mol. The predicted octanol–water partition coefficient (Wildman–Crippen LogP) is 20.2. The summed E-state index contributed by atoms with van der Waals surface area (Å²) in [5, 5.41) is 2.25. The molecule has 3 heterocycles. The van der Waals surface area contributed by atoms with Gasteiger partial charge in [0.15, 0.2) is 0 Å². The van der Waals surface area contributed by atoms with Gasteiger partial charge >= 0.3 is 0 Å². The molecule has 1 aliphatic heterocycles. The van der Waals surface area contributed by atoms with Crippen molar-refractivity contribution in [3.05, 3.63) is 263 Å². The minimum absolute atomic E-state index is 0. The number of aromatic nitrogens is 2. The standard InChI is InChI=1S/C76H77N4O.Pt/c1-50(2)64-31-24-32-65(51(3)4)72(64)53-39-60(46-63(40-53)81-62-34-35-66-67-44-56(73(5,6)7)33-36-68(67)80(69(66)47-62)71-45-57(37-38-77-71)74(8,9)10)78-48-70(52-25-18-15-19-26-52)79(49-78)61-42-58(75(11,12)54-27-20-16-21-28-54)41-59(43-61)76(13,14)55-29-22-17-23-30-55;/h15-45,48-51H,1-14H3;/q-3;. The monoisotopic (exact) mass is 1260 g/mol. The molecule has 1 aliphatic rings. The van der Waals surface area contributed by atoms with E-state index in [4.69, 9.17) is 9.72 Å². The van der Waals surface area contributed by atoms with Crippen molar-refractivity contribution in [3.63, 3.8) is 0 Å². The van der Waals surface area contributed by atoms with Gasteiger partial charge < -0.3 is 19.1 Å². The van der Waals surface area contributed by atoms with Gasteiger partial charge in [0.2, 0.25) is 0 Å². The molecule has 0 radical (unpaired) electrons. The second-order valence-corrected chi connectivity index (χ2v) is 25.9. The molecule has 8 aromatic carbocycles. The number of hydrogen-bond acceptors (Lipinski definition) is 4. The van der Waals surface area contributed by atoms with E-state index in [-0.39, 0.29) is 54.6 Å². The van der Waals surface area contributed by atoms with Gasteiger partial charge in [0.05, 0.1) is 0 Å². The van der Waals surface area contributed by atoms with Crippen LogP contribution in [0, 0.1) is 18.8 Å². The van der Waals surface area contributed by atoms with Crippen molar-refractivity contribution in [1.82, 2.24) is 9.55 Å². The minimum atomic E-state index is -0.308. The molecule has 6 heteroatoms. The van der Waals surface area contributed by atoms with E-state index in [9.17, 15) is 0 Å². The number of anilines is 2. The molecule has 0 saturated carbocycles. The molecule has 0 atom stereocenters. The molecule has 0 spiro atoms. The van der Waals surface area contributed by atoms with Crippen LogP contribution in [-0.2, 0) is 42.7 Å². The average molecular weight is 1260 g/mol. The summed E-state index contributed by atoms with van der Waals surface area (Å²) >= 11 is 0. The zero-order valence-electron chi connectivity index (χ0n) is 50.2. The van der Waals surface area contributed by atoms with Crippen LogP contribution >= 0.6 is 0 Å². The van der Waals surface area contributed by atoms with Crippen molar-refractivity contribution >= 4 is 38.9 Å². The van der Waals surface area contributed by atoms with Gasteiger partial charge in [0.1, 0.15) is 5.82 Å². The zero-order chi connectivity index (χ0) is 57.2. The summed E-state index contributed by atoms with van der Waals surface area (Å²) in [6.07, 6.45) is 4.19. The first-order chi connectivity index (χ1) is 38.6. The fourth-order valence-electron chi connectivity index (χ4n) is 11.7. The van der Waals surface area contributed by atoms with E-state index in [2.05, 4.69) is 318 Å². The fraction of sp³-hybridized carbons (Fsp3) is 0.263. The summed E-state index contributed by atoms with van der Waals surface area (Å²) in [5.41, 5.74) is 17.7. The summed E-state index contributed by atoms with van der Waals surface area (Å²) < 4.78 is 9.44. The third-order valence-electron chi connectivity index (χ3n) is 16.8. The molecule has 2 aromatic heterocycles. The van der Waals surface area contributed by atoms with Crippen LogP contribution < -0.4 is 14.5 Å². The van der Waals surface area contributed by atoms with Crippen LogP contribution in [-0.4, -0.2) is 9.55 Å². The van der Waals surface area contributed by atoms with Crippen molar-refractivity contribution in [2.24, 2.45) is 0 Å². The van der Waals surface area contributed by atoms with Crippen LogP contribution in [0.1, 0.15) is 159 Å². The Morgan fingerprint density at radius 1 is 0.488 bits per heavy atom. The topological polar surface area (TPSA) is 33.5 Å². The number of fused-ring (bicyclic) bond motifs is 3. The van der Waals surface area contributed by atoms with Crippen LogP contribution in [0.25, 0.3) is 44.4 Å². The van der Waals surface area contributed by atoms with E-state index in [1.807, 2.05) is 6.20 Å². The maximum Gasteiger partial charge on any atom is 0.135 e. The number of benzene rings is 8. The van der Waals surface area contributed by atoms with Crippen molar-refractivity contribution in [1.29, 1.82) is 0 Å². The number of rotatable bonds is 13. The Kier molecular flexibility index (Phi) is 15.8. The number of nitrogens with zero attached hydrogens (tertiary/aromatic N) is 4. The third kappa shape index (κ3) is 11.1. The Morgan fingerprint density at radius 3 is 1.63 bits per heavy atom. The molecule has 420 valence electrons. The van der Waals surface area contributed by atoms with Gasteiger partial charge in [-0.15, -0.1) is 53.6 Å². The van der Waals surface area contributed by atoms with Gasteiger partial charge in [-0.3, -0.25) is 0 Å². The zero-order valence-corrected chi connectivity index (χ0v) is 52.5.